The molecular weight excluding hydrogens is 292 g/mol. The summed E-state index contributed by atoms with van der Waals surface area (Å²) in [5.41, 5.74) is 5.47. The molecule has 1 heterocycles. The van der Waals surface area contributed by atoms with E-state index in [4.69, 9.17) is 5.73 Å². The zero-order valence-corrected chi connectivity index (χ0v) is 14.8. The lowest BCUT2D eigenvalue weighted by Gasteiger charge is -2.41. The quantitative estimate of drug-likeness (QED) is 0.717. The monoisotopic (exact) mass is 324 g/mol. The second-order valence-corrected chi connectivity index (χ2v) is 6.98. The molecule has 2 amide bonds. The van der Waals surface area contributed by atoms with E-state index >= 15 is 0 Å². The van der Waals surface area contributed by atoms with Crippen molar-refractivity contribution < 1.29 is 9.59 Å². The van der Waals surface area contributed by atoms with Gasteiger partial charge in [0.2, 0.25) is 11.8 Å². The fourth-order valence-electron chi connectivity index (χ4n) is 3.29. The number of nitrogens with two attached hydrogens (primary N) is 1. The third-order valence-corrected chi connectivity index (χ3v) is 5.65. The van der Waals surface area contributed by atoms with E-state index in [-0.39, 0.29) is 17.9 Å². The smallest absolute Gasteiger partial charge is 0.237 e. The number of nitrogens with one attached hydrogen (secondary N) is 1. The van der Waals surface area contributed by atoms with Crippen LogP contribution in [0.25, 0.3) is 0 Å². The fraction of sp³-hybridized carbons (Fsp3) is 0.882. The molecule has 1 aliphatic carbocycles. The Balaban J connectivity index is 1.87. The number of hydrogen-bond donors (Lipinski definition) is 2. The van der Waals surface area contributed by atoms with Crippen molar-refractivity contribution in [2.45, 2.75) is 58.5 Å². The topological polar surface area (TPSA) is 78.7 Å². The van der Waals surface area contributed by atoms with Crippen LogP contribution in [0.1, 0.15) is 46.5 Å². The van der Waals surface area contributed by atoms with Gasteiger partial charge in [0.1, 0.15) is 0 Å². The van der Waals surface area contributed by atoms with Gasteiger partial charge in [-0.05, 0) is 32.6 Å². The predicted octanol–water partition coefficient (Wildman–Crippen LogP) is 0.563. The molecule has 0 spiro atoms. The lowest BCUT2D eigenvalue weighted by atomic mass is 9.80. The number of carbonyl (C=O) groups is 2. The van der Waals surface area contributed by atoms with E-state index in [1.165, 1.54) is 0 Å². The van der Waals surface area contributed by atoms with Gasteiger partial charge < -0.3 is 16.0 Å². The Morgan fingerprint density at radius 3 is 2.17 bits per heavy atom. The first kappa shape index (κ1) is 18.2. The van der Waals surface area contributed by atoms with E-state index < -0.39 is 5.41 Å². The molecule has 0 aromatic rings. The van der Waals surface area contributed by atoms with E-state index in [0.29, 0.717) is 25.7 Å². The van der Waals surface area contributed by atoms with Crippen LogP contribution >= 0.6 is 0 Å². The van der Waals surface area contributed by atoms with Gasteiger partial charge in [-0.15, -0.1) is 0 Å². The Morgan fingerprint density at radius 2 is 1.74 bits per heavy atom. The largest absolute Gasteiger partial charge is 0.352 e. The van der Waals surface area contributed by atoms with Gasteiger partial charge in [-0.25, -0.2) is 0 Å². The molecule has 23 heavy (non-hydrogen) atoms. The van der Waals surface area contributed by atoms with Crippen LogP contribution < -0.4 is 11.1 Å². The third-order valence-electron chi connectivity index (χ3n) is 5.65. The summed E-state index contributed by atoms with van der Waals surface area (Å²) in [5.74, 6) is 0.297. The summed E-state index contributed by atoms with van der Waals surface area (Å²) in [6.07, 6.45) is 3.77. The van der Waals surface area contributed by atoms with Crippen molar-refractivity contribution in [3.05, 3.63) is 0 Å². The van der Waals surface area contributed by atoms with E-state index in [0.717, 1.165) is 38.8 Å². The minimum absolute atomic E-state index is 0.116. The molecule has 2 aliphatic rings. The van der Waals surface area contributed by atoms with E-state index in [2.05, 4.69) is 10.2 Å². The number of carbonyl (C=O) groups excluding carboxylic acids is 2. The van der Waals surface area contributed by atoms with Crippen molar-refractivity contribution in [3.8, 4) is 0 Å². The van der Waals surface area contributed by atoms with Crippen molar-refractivity contribution in [2.24, 2.45) is 11.1 Å². The van der Waals surface area contributed by atoms with Crippen LogP contribution in [0, 0.1) is 5.41 Å². The highest BCUT2D eigenvalue weighted by atomic mass is 16.2. The summed E-state index contributed by atoms with van der Waals surface area (Å²) in [4.78, 5) is 29.1. The molecule has 6 heteroatoms. The first-order valence-corrected chi connectivity index (χ1v) is 9.01. The Labute approximate surface area is 139 Å². The zero-order chi connectivity index (χ0) is 17.0. The molecule has 0 bridgehead atoms. The number of amides is 2. The Hall–Kier alpha value is -1.14. The fourth-order valence-corrected chi connectivity index (χ4v) is 3.29. The highest BCUT2D eigenvalue weighted by Gasteiger charge is 2.38. The van der Waals surface area contributed by atoms with Crippen molar-refractivity contribution in [3.63, 3.8) is 0 Å². The van der Waals surface area contributed by atoms with Crippen molar-refractivity contribution in [2.75, 3.05) is 32.7 Å². The van der Waals surface area contributed by atoms with Gasteiger partial charge >= 0.3 is 0 Å². The maximum absolute atomic E-state index is 12.8. The summed E-state index contributed by atoms with van der Waals surface area (Å²) in [6.45, 7) is 9.29. The summed E-state index contributed by atoms with van der Waals surface area (Å²) in [7, 11) is 0. The van der Waals surface area contributed by atoms with Crippen LogP contribution in [-0.2, 0) is 9.59 Å². The molecule has 2 rings (SSSR count). The second kappa shape index (κ2) is 7.62. The Kier molecular flexibility index (Phi) is 6.03. The maximum atomic E-state index is 12.8. The third kappa shape index (κ3) is 4.04. The van der Waals surface area contributed by atoms with Crippen LogP contribution in [-0.4, -0.2) is 66.4 Å². The standard InChI is InChI=1S/C17H32N4O2/c1-4-17(5-2,12-18)16(23)21-10-8-20(9-11-21)13(3)15(22)19-14-6-7-14/h13-14H,4-12,18H2,1-3H3,(H,19,22). The Morgan fingerprint density at radius 1 is 1.17 bits per heavy atom. The molecule has 6 nitrogen and oxygen atoms in total. The molecule has 3 N–H and O–H groups in total. The molecule has 1 atom stereocenters. The number of piperazine rings is 1. The predicted molar refractivity (Wildman–Crippen MR) is 90.8 cm³/mol. The Bertz CT molecular complexity index is 416. The molecule has 1 saturated heterocycles. The normalized spacial score (nSPS) is 21.1. The summed E-state index contributed by atoms with van der Waals surface area (Å²) in [5, 5.41) is 3.06. The molecule has 1 saturated carbocycles. The van der Waals surface area contributed by atoms with E-state index in [9.17, 15) is 9.59 Å². The van der Waals surface area contributed by atoms with Crippen molar-refractivity contribution in [1.82, 2.24) is 15.1 Å². The SMILES string of the molecule is CCC(CC)(CN)C(=O)N1CCN(C(C)C(=O)NC2CC2)CC1. The van der Waals surface area contributed by atoms with Gasteiger partial charge in [-0.2, -0.15) is 0 Å². The van der Waals surface area contributed by atoms with Crippen LogP contribution in [0.15, 0.2) is 0 Å². The van der Waals surface area contributed by atoms with Crippen LogP contribution in [0.3, 0.4) is 0 Å². The van der Waals surface area contributed by atoms with Gasteiger partial charge in [0, 0.05) is 38.8 Å². The lowest BCUT2D eigenvalue weighted by Crippen LogP contribution is -2.58. The molecule has 1 aliphatic heterocycles. The summed E-state index contributed by atoms with van der Waals surface area (Å²) >= 11 is 0. The highest BCUT2D eigenvalue weighted by Crippen LogP contribution is 2.28. The average Bonchev–Trinajstić information content (AvgIpc) is 3.40. The lowest BCUT2D eigenvalue weighted by molar-refractivity contribution is -0.144. The molecule has 0 radical (unpaired) electrons. The van der Waals surface area contributed by atoms with Gasteiger partial charge in [-0.1, -0.05) is 13.8 Å². The molecule has 1 unspecified atom stereocenters. The van der Waals surface area contributed by atoms with E-state index in [1.54, 1.807) is 0 Å². The number of hydrogen-bond acceptors (Lipinski definition) is 4. The first-order valence-electron chi connectivity index (χ1n) is 9.01. The molecular formula is C17H32N4O2. The number of rotatable bonds is 7. The molecule has 2 fully saturated rings. The van der Waals surface area contributed by atoms with Gasteiger partial charge in [0.25, 0.3) is 0 Å². The van der Waals surface area contributed by atoms with Crippen LogP contribution in [0.5, 0.6) is 0 Å². The van der Waals surface area contributed by atoms with Gasteiger partial charge in [0.05, 0.1) is 11.5 Å². The van der Waals surface area contributed by atoms with Gasteiger partial charge in [-0.3, -0.25) is 14.5 Å². The van der Waals surface area contributed by atoms with Crippen LogP contribution in [0.2, 0.25) is 0 Å². The van der Waals surface area contributed by atoms with Crippen LogP contribution in [0.4, 0.5) is 0 Å². The van der Waals surface area contributed by atoms with Crippen molar-refractivity contribution in [1.29, 1.82) is 0 Å². The molecule has 0 aromatic carbocycles. The maximum Gasteiger partial charge on any atom is 0.237 e. The first-order chi connectivity index (χ1) is 11.0. The average molecular weight is 324 g/mol. The second-order valence-electron chi connectivity index (χ2n) is 6.98. The summed E-state index contributed by atoms with van der Waals surface area (Å²) < 4.78 is 0. The highest BCUT2D eigenvalue weighted by molar-refractivity contribution is 5.83. The number of nitrogens with zero attached hydrogens (tertiary/aromatic N) is 2. The minimum atomic E-state index is -0.420. The van der Waals surface area contributed by atoms with Gasteiger partial charge in [0.15, 0.2) is 0 Å². The molecule has 0 aromatic heterocycles. The van der Waals surface area contributed by atoms with Crippen molar-refractivity contribution >= 4 is 11.8 Å². The zero-order valence-electron chi connectivity index (χ0n) is 14.8. The minimum Gasteiger partial charge on any atom is -0.352 e. The summed E-state index contributed by atoms with van der Waals surface area (Å²) in [6, 6.07) is 0.275. The molecule has 132 valence electrons. The van der Waals surface area contributed by atoms with E-state index in [1.807, 2.05) is 25.7 Å².